The lowest BCUT2D eigenvalue weighted by atomic mass is 10.1. The average molecular weight is 305 g/mol. The van der Waals surface area contributed by atoms with Gasteiger partial charge in [-0.25, -0.2) is 0 Å². The van der Waals surface area contributed by atoms with Gasteiger partial charge in [0.2, 0.25) is 5.91 Å². The molecule has 1 amide bonds. The minimum Gasteiger partial charge on any atom is -0.366 e. The smallest absolute Gasteiger partial charge is 0.366 e. The molecule has 1 aromatic rings. The molecule has 0 radical (unpaired) electrons. The van der Waals surface area contributed by atoms with Crippen LogP contribution in [0.3, 0.4) is 0 Å². The number of anilines is 1. The van der Waals surface area contributed by atoms with E-state index in [9.17, 15) is 18.0 Å². The zero-order valence-electron chi connectivity index (χ0n) is 10.7. The normalized spacial score (nSPS) is 9.82. The Balaban J connectivity index is 3.44. The van der Waals surface area contributed by atoms with Crippen molar-refractivity contribution in [1.29, 1.82) is 15.8 Å². The lowest BCUT2D eigenvalue weighted by molar-refractivity contribution is -0.137. The van der Waals surface area contributed by atoms with Crippen molar-refractivity contribution in [3.8, 4) is 18.2 Å². The van der Waals surface area contributed by atoms with Crippen molar-refractivity contribution in [2.75, 3.05) is 5.32 Å². The molecule has 0 saturated heterocycles. The second-order valence-corrected chi connectivity index (χ2v) is 3.87. The van der Waals surface area contributed by atoms with Crippen LogP contribution in [0.1, 0.15) is 15.9 Å². The van der Waals surface area contributed by atoms with Crippen LogP contribution >= 0.6 is 0 Å². The molecule has 0 aliphatic rings. The van der Waals surface area contributed by atoms with Crippen LogP contribution in [-0.4, -0.2) is 5.91 Å². The molecule has 22 heavy (non-hydrogen) atoms. The van der Waals surface area contributed by atoms with Crippen LogP contribution < -0.4 is 11.1 Å². The van der Waals surface area contributed by atoms with Gasteiger partial charge in [0.25, 0.3) is 0 Å². The van der Waals surface area contributed by atoms with Gasteiger partial charge >= 0.3 is 6.18 Å². The van der Waals surface area contributed by atoms with E-state index in [1.54, 1.807) is 0 Å². The Labute approximate surface area is 122 Å². The number of rotatable bonds is 3. The maximum absolute atomic E-state index is 12.8. The van der Waals surface area contributed by atoms with Gasteiger partial charge in [-0.1, -0.05) is 0 Å². The summed E-state index contributed by atoms with van der Waals surface area (Å²) in [6.45, 7) is 0. The van der Waals surface area contributed by atoms with Crippen LogP contribution in [0.2, 0.25) is 0 Å². The SMILES string of the molecule is N#CC(C#N)=C(C#N)Nc1cc(C(N)=O)cc(C(F)(F)F)c1. The number of carbonyl (C=O) groups is 1. The molecule has 3 N–H and O–H groups in total. The Morgan fingerprint density at radius 2 is 1.68 bits per heavy atom. The van der Waals surface area contributed by atoms with Crippen LogP contribution in [0.25, 0.3) is 0 Å². The summed E-state index contributed by atoms with van der Waals surface area (Å²) >= 11 is 0. The monoisotopic (exact) mass is 305 g/mol. The summed E-state index contributed by atoms with van der Waals surface area (Å²) in [5.74, 6) is -1.10. The lowest BCUT2D eigenvalue weighted by Crippen LogP contribution is -2.15. The van der Waals surface area contributed by atoms with E-state index in [1.165, 1.54) is 18.2 Å². The van der Waals surface area contributed by atoms with Crippen molar-refractivity contribution in [3.63, 3.8) is 0 Å². The molecule has 0 saturated carbocycles. The molecule has 0 fully saturated rings. The van der Waals surface area contributed by atoms with Crippen molar-refractivity contribution in [3.05, 3.63) is 40.6 Å². The Morgan fingerprint density at radius 1 is 1.09 bits per heavy atom. The topological polar surface area (TPSA) is 126 Å². The van der Waals surface area contributed by atoms with Gasteiger partial charge in [0.05, 0.1) is 5.56 Å². The first kappa shape index (κ1) is 16.5. The van der Waals surface area contributed by atoms with Crippen LogP contribution in [-0.2, 0) is 6.18 Å². The molecule has 0 heterocycles. The summed E-state index contributed by atoms with van der Waals surface area (Å²) in [5.41, 5.74) is 1.89. The molecular formula is C13H6F3N5O. The van der Waals surface area contributed by atoms with Crippen molar-refractivity contribution < 1.29 is 18.0 Å². The molecule has 9 heteroatoms. The minimum atomic E-state index is -4.74. The fraction of sp³-hybridized carbons (Fsp3) is 0.0769. The quantitative estimate of drug-likeness (QED) is 0.826. The van der Waals surface area contributed by atoms with Gasteiger partial charge in [0, 0.05) is 11.3 Å². The number of benzene rings is 1. The summed E-state index contributed by atoms with van der Waals surface area (Å²) in [4.78, 5) is 11.1. The minimum absolute atomic E-state index is 0.303. The number of amides is 1. The maximum atomic E-state index is 12.8. The number of nitriles is 3. The third-order valence-electron chi connectivity index (χ3n) is 2.40. The number of nitrogens with one attached hydrogen (secondary N) is 1. The predicted octanol–water partition coefficient (Wildman–Crippen LogP) is 2.04. The molecule has 0 atom stereocenters. The first-order valence-corrected chi connectivity index (χ1v) is 5.46. The van der Waals surface area contributed by atoms with Gasteiger partial charge < -0.3 is 11.1 Å². The number of carbonyl (C=O) groups excluding carboxylic acids is 1. The van der Waals surface area contributed by atoms with Gasteiger partial charge in [-0.15, -0.1) is 0 Å². The van der Waals surface area contributed by atoms with Crippen LogP contribution in [0.15, 0.2) is 29.5 Å². The number of nitrogens with zero attached hydrogens (tertiary/aromatic N) is 3. The van der Waals surface area contributed by atoms with Gasteiger partial charge in [-0.2, -0.15) is 29.0 Å². The number of allylic oxidation sites excluding steroid dienone is 2. The number of halogens is 3. The van der Waals surface area contributed by atoms with E-state index >= 15 is 0 Å². The highest BCUT2D eigenvalue weighted by molar-refractivity contribution is 5.94. The van der Waals surface area contributed by atoms with Crippen molar-refractivity contribution in [1.82, 2.24) is 0 Å². The number of hydrogen-bond donors (Lipinski definition) is 2. The maximum Gasteiger partial charge on any atom is 0.416 e. The van der Waals surface area contributed by atoms with E-state index in [1.807, 2.05) is 0 Å². The molecule has 0 aromatic heterocycles. The number of nitrogens with two attached hydrogens (primary N) is 1. The summed E-state index contributed by atoms with van der Waals surface area (Å²) in [7, 11) is 0. The first-order chi connectivity index (χ1) is 10.2. The fourth-order valence-electron chi connectivity index (χ4n) is 1.43. The summed E-state index contributed by atoms with van der Waals surface area (Å²) in [6.07, 6.45) is -4.74. The molecule has 0 bridgehead atoms. The Kier molecular flexibility index (Phi) is 4.73. The van der Waals surface area contributed by atoms with Crippen molar-refractivity contribution >= 4 is 11.6 Å². The summed E-state index contributed by atoms with van der Waals surface area (Å²) < 4.78 is 38.3. The zero-order chi connectivity index (χ0) is 16.9. The molecular weight excluding hydrogens is 299 g/mol. The van der Waals surface area contributed by atoms with E-state index in [0.29, 0.717) is 12.1 Å². The van der Waals surface area contributed by atoms with E-state index in [2.05, 4.69) is 5.32 Å². The number of primary amides is 1. The fourth-order valence-corrected chi connectivity index (χ4v) is 1.43. The lowest BCUT2D eigenvalue weighted by Gasteiger charge is -2.12. The zero-order valence-corrected chi connectivity index (χ0v) is 10.7. The molecule has 0 aliphatic heterocycles. The van der Waals surface area contributed by atoms with E-state index in [0.717, 1.165) is 6.07 Å². The second-order valence-electron chi connectivity index (χ2n) is 3.87. The Bertz CT molecular complexity index is 759. The third-order valence-corrected chi connectivity index (χ3v) is 2.40. The first-order valence-electron chi connectivity index (χ1n) is 5.46. The van der Waals surface area contributed by atoms with Crippen molar-refractivity contribution in [2.45, 2.75) is 6.18 Å². The highest BCUT2D eigenvalue weighted by atomic mass is 19.4. The largest absolute Gasteiger partial charge is 0.416 e. The molecule has 110 valence electrons. The van der Waals surface area contributed by atoms with Crippen LogP contribution in [0.5, 0.6) is 0 Å². The summed E-state index contributed by atoms with van der Waals surface area (Å²) in [6, 6.07) is 6.48. The molecule has 6 nitrogen and oxygen atoms in total. The van der Waals surface area contributed by atoms with Gasteiger partial charge in [0.15, 0.2) is 5.57 Å². The highest BCUT2D eigenvalue weighted by Crippen LogP contribution is 2.32. The van der Waals surface area contributed by atoms with Crippen LogP contribution in [0.4, 0.5) is 18.9 Å². The average Bonchev–Trinajstić information content (AvgIpc) is 2.46. The molecule has 1 aromatic carbocycles. The molecule has 0 unspecified atom stereocenters. The molecule has 0 aliphatic carbocycles. The Morgan fingerprint density at radius 3 is 2.09 bits per heavy atom. The summed E-state index contributed by atoms with van der Waals surface area (Å²) in [5, 5.41) is 28.4. The predicted molar refractivity (Wildman–Crippen MR) is 67.4 cm³/mol. The van der Waals surface area contributed by atoms with Crippen LogP contribution in [0, 0.1) is 34.0 Å². The highest BCUT2D eigenvalue weighted by Gasteiger charge is 2.31. The standard InChI is InChI=1S/C13H6F3N5O/c14-13(15,16)9-1-7(12(20)22)2-10(3-9)21-11(6-19)8(4-17)5-18/h1-3,21H,(H2,20,22). The number of hydrogen-bond acceptors (Lipinski definition) is 5. The van der Waals surface area contributed by atoms with E-state index in [4.69, 9.17) is 21.5 Å². The van der Waals surface area contributed by atoms with E-state index < -0.39 is 34.5 Å². The van der Waals surface area contributed by atoms with Gasteiger partial charge in [-0.3, -0.25) is 4.79 Å². The van der Waals surface area contributed by atoms with Crippen molar-refractivity contribution in [2.24, 2.45) is 5.73 Å². The third kappa shape index (κ3) is 3.75. The second kappa shape index (κ2) is 6.29. The van der Waals surface area contributed by atoms with Gasteiger partial charge in [-0.05, 0) is 18.2 Å². The molecule has 1 rings (SSSR count). The number of alkyl halides is 3. The van der Waals surface area contributed by atoms with Gasteiger partial charge in [0.1, 0.15) is 23.9 Å². The molecule has 0 spiro atoms. The Hall–Kier alpha value is -3.51. The van der Waals surface area contributed by atoms with E-state index in [-0.39, 0.29) is 5.69 Å².